The van der Waals surface area contributed by atoms with Gasteiger partial charge in [0.25, 0.3) is 0 Å². The second-order valence-electron chi connectivity index (χ2n) is 7.77. The number of aliphatic hydroxyl groups is 1. The van der Waals surface area contributed by atoms with Crippen molar-refractivity contribution in [3.05, 3.63) is 89.4 Å². The van der Waals surface area contributed by atoms with Crippen molar-refractivity contribution in [2.24, 2.45) is 0 Å². The zero-order valence-corrected chi connectivity index (χ0v) is 18.7. The molecule has 0 aliphatic heterocycles. The summed E-state index contributed by atoms with van der Waals surface area (Å²) in [6, 6.07) is 15.1. The first-order valence-electron chi connectivity index (χ1n) is 10.7. The number of anilines is 1. The largest absolute Gasteiger partial charge is 0.497 e. The molecule has 9 heteroatoms. The first-order valence-corrected chi connectivity index (χ1v) is 10.7. The molecule has 178 valence electrons. The molecule has 0 aliphatic rings. The highest BCUT2D eigenvalue weighted by molar-refractivity contribution is 5.89. The number of ether oxygens (including phenoxy) is 1. The van der Waals surface area contributed by atoms with Crippen molar-refractivity contribution in [1.82, 2.24) is 15.6 Å². The molecule has 0 aliphatic carbocycles. The molecule has 0 spiro atoms. The monoisotopic (exact) mass is 466 g/mol. The number of nitrogens with zero attached hydrogens (tertiary/aromatic N) is 1. The van der Waals surface area contributed by atoms with Gasteiger partial charge in [0, 0.05) is 25.6 Å². The highest BCUT2D eigenvalue weighted by Gasteiger charge is 2.25. The van der Waals surface area contributed by atoms with E-state index in [1.807, 2.05) is 6.07 Å². The number of benzene rings is 2. The van der Waals surface area contributed by atoms with Crippen molar-refractivity contribution in [2.45, 2.75) is 31.5 Å². The molecule has 0 bridgehead atoms. The molecule has 2 aromatic carbocycles. The van der Waals surface area contributed by atoms with Crippen LogP contribution < -0.4 is 21.1 Å². The van der Waals surface area contributed by atoms with Crippen molar-refractivity contribution in [1.29, 1.82) is 0 Å². The number of carbonyl (C=O) groups excluding carboxylic acids is 2. The van der Waals surface area contributed by atoms with Crippen molar-refractivity contribution >= 4 is 17.6 Å². The fraction of sp³-hybridized carbons (Fsp3) is 0.240. The van der Waals surface area contributed by atoms with Gasteiger partial charge >= 0.3 is 0 Å². The predicted molar refractivity (Wildman–Crippen MR) is 125 cm³/mol. The lowest BCUT2D eigenvalue weighted by molar-refractivity contribution is -0.134. The third-order valence-electron chi connectivity index (χ3n) is 5.17. The molecule has 8 nitrogen and oxygen atoms in total. The zero-order chi connectivity index (χ0) is 24.5. The number of carbonyl (C=O) groups is 2. The zero-order valence-electron chi connectivity index (χ0n) is 18.7. The summed E-state index contributed by atoms with van der Waals surface area (Å²) >= 11 is 0. The molecule has 0 saturated heterocycles. The SMILES string of the molecule is COc1cccc(C[C@H](NC(=O)[C@H](O)Cc2ccc(F)cc2)C(=O)NCc2ccc(N)nc2)c1. The molecule has 3 aromatic rings. The number of pyridine rings is 1. The maximum Gasteiger partial charge on any atom is 0.249 e. The number of nitrogens with one attached hydrogen (secondary N) is 2. The lowest BCUT2D eigenvalue weighted by Gasteiger charge is -2.21. The Morgan fingerprint density at radius 2 is 1.76 bits per heavy atom. The van der Waals surface area contributed by atoms with Crippen LogP contribution in [0.4, 0.5) is 10.2 Å². The third kappa shape index (κ3) is 7.28. The van der Waals surface area contributed by atoms with Crippen LogP contribution in [0.3, 0.4) is 0 Å². The Bertz CT molecular complexity index is 1110. The van der Waals surface area contributed by atoms with Gasteiger partial charge in [0.2, 0.25) is 11.8 Å². The fourth-order valence-electron chi connectivity index (χ4n) is 3.30. The maximum atomic E-state index is 13.1. The number of rotatable bonds is 10. The van der Waals surface area contributed by atoms with Crippen LogP contribution in [0.1, 0.15) is 16.7 Å². The number of aliphatic hydroxyl groups excluding tert-OH is 1. The van der Waals surface area contributed by atoms with Gasteiger partial charge in [-0.15, -0.1) is 0 Å². The van der Waals surface area contributed by atoms with Crippen LogP contribution in [-0.2, 0) is 29.0 Å². The molecule has 5 N–H and O–H groups in total. The minimum absolute atomic E-state index is 0.0171. The Balaban J connectivity index is 1.69. The van der Waals surface area contributed by atoms with Crippen molar-refractivity contribution in [3.8, 4) is 5.75 Å². The van der Waals surface area contributed by atoms with Gasteiger partial charge in [-0.05, 0) is 47.0 Å². The van der Waals surface area contributed by atoms with Crippen molar-refractivity contribution in [2.75, 3.05) is 12.8 Å². The van der Waals surface area contributed by atoms with Crippen LogP contribution in [0.2, 0.25) is 0 Å². The van der Waals surface area contributed by atoms with Gasteiger partial charge in [0.1, 0.15) is 29.5 Å². The molecule has 2 amide bonds. The summed E-state index contributed by atoms with van der Waals surface area (Å²) < 4.78 is 18.3. The van der Waals surface area contributed by atoms with E-state index >= 15 is 0 Å². The second-order valence-corrected chi connectivity index (χ2v) is 7.77. The van der Waals surface area contributed by atoms with E-state index in [1.165, 1.54) is 31.4 Å². The fourth-order valence-corrected chi connectivity index (χ4v) is 3.30. The summed E-state index contributed by atoms with van der Waals surface area (Å²) in [5.74, 6) is -0.557. The van der Waals surface area contributed by atoms with Crippen LogP contribution in [0.5, 0.6) is 5.75 Å². The summed E-state index contributed by atoms with van der Waals surface area (Å²) in [5.41, 5.74) is 7.69. The van der Waals surface area contributed by atoms with Crippen LogP contribution >= 0.6 is 0 Å². The molecular weight excluding hydrogens is 439 g/mol. The lowest BCUT2D eigenvalue weighted by Crippen LogP contribution is -2.51. The van der Waals surface area contributed by atoms with E-state index in [0.29, 0.717) is 17.1 Å². The Labute approximate surface area is 197 Å². The molecule has 0 unspecified atom stereocenters. The summed E-state index contributed by atoms with van der Waals surface area (Å²) in [6.07, 6.45) is 0.305. The van der Waals surface area contributed by atoms with Gasteiger partial charge in [0.15, 0.2) is 0 Å². The third-order valence-corrected chi connectivity index (χ3v) is 5.17. The second kappa shape index (κ2) is 11.8. The van der Waals surface area contributed by atoms with Crippen LogP contribution in [0, 0.1) is 5.82 Å². The molecule has 0 fully saturated rings. The summed E-state index contributed by atoms with van der Waals surface area (Å²) in [5, 5.41) is 15.8. The topological polar surface area (TPSA) is 127 Å². The lowest BCUT2D eigenvalue weighted by atomic mass is 10.0. The number of halogens is 1. The van der Waals surface area contributed by atoms with Gasteiger partial charge in [-0.3, -0.25) is 9.59 Å². The standard InChI is InChI=1S/C25H27FN4O4/c1-34-20-4-2-3-17(11-20)12-21(24(32)29-15-18-7-10-23(27)28-14-18)30-25(33)22(31)13-16-5-8-19(26)9-6-16/h2-11,14,21-22,31H,12-13,15H2,1H3,(H2,27,28)(H,29,32)(H,30,33)/t21-,22+/m0/s1. The highest BCUT2D eigenvalue weighted by Crippen LogP contribution is 2.15. The van der Waals surface area contributed by atoms with Gasteiger partial charge in [-0.25, -0.2) is 9.37 Å². The van der Waals surface area contributed by atoms with E-state index < -0.39 is 29.8 Å². The molecule has 3 rings (SSSR count). The van der Waals surface area contributed by atoms with E-state index in [1.54, 1.807) is 36.5 Å². The molecule has 2 atom stereocenters. The Morgan fingerprint density at radius 3 is 2.44 bits per heavy atom. The molecule has 0 saturated carbocycles. The number of methoxy groups -OCH3 is 1. The molecule has 1 heterocycles. The number of amides is 2. The maximum absolute atomic E-state index is 13.1. The predicted octanol–water partition coefficient (Wildman–Crippen LogP) is 1.76. The molecular formula is C25H27FN4O4. The summed E-state index contributed by atoms with van der Waals surface area (Å²) in [6.45, 7) is 0.189. The van der Waals surface area contributed by atoms with Gasteiger partial charge in [0.05, 0.1) is 7.11 Å². The van der Waals surface area contributed by atoms with Gasteiger partial charge in [-0.1, -0.05) is 30.3 Å². The van der Waals surface area contributed by atoms with Crippen LogP contribution in [-0.4, -0.2) is 41.2 Å². The van der Waals surface area contributed by atoms with Crippen molar-refractivity contribution in [3.63, 3.8) is 0 Å². The molecule has 0 radical (unpaired) electrons. The first kappa shape index (κ1) is 24.7. The average molecular weight is 467 g/mol. The number of hydrogen-bond donors (Lipinski definition) is 4. The quantitative estimate of drug-likeness (QED) is 0.361. The van der Waals surface area contributed by atoms with E-state index in [-0.39, 0.29) is 19.4 Å². The summed E-state index contributed by atoms with van der Waals surface area (Å²) in [4.78, 5) is 29.7. The normalized spacial score (nSPS) is 12.4. The minimum atomic E-state index is -1.41. The van der Waals surface area contributed by atoms with E-state index in [9.17, 15) is 19.1 Å². The molecule has 1 aromatic heterocycles. The minimum Gasteiger partial charge on any atom is -0.497 e. The first-order chi connectivity index (χ1) is 16.3. The van der Waals surface area contributed by atoms with Crippen LogP contribution in [0.25, 0.3) is 0 Å². The summed E-state index contributed by atoms with van der Waals surface area (Å²) in [7, 11) is 1.54. The number of hydrogen-bond acceptors (Lipinski definition) is 6. The smallest absolute Gasteiger partial charge is 0.249 e. The van der Waals surface area contributed by atoms with Crippen molar-refractivity contribution < 1.29 is 23.8 Å². The van der Waals surface area contributed by atoms with Gasteiger partial charge < -0.3 is 26.2 Å². The van der Waals surface area contributed by atoms with Crippen LogP contribution in [0.15, 0.2) is 66.9 Å². The number of nitrogen functional groups attached to an aromatic ring is 1. The molecule has 34 heavy (non-hydrogen) atoms. The van der Waals surface area contributed by atoms with E-state index in [0.717, 1.165) is 11.1 Å². The van der Waals surface area contributed by atoms with E-state index in [4.69, 9.17) is 10.5 Å². The Morgan fingerprint density at radius 1 is 1.03 bits per heavy atom. The van der Waals surface area contributed by atoms with Gasteiger partial charge in [-0.2, -0.15) is 0 Å². The van der Waals surface area contributed by atoms with E-state index in [2.05, 4.69) is 15.6 Å². The number of aromatic nitrogens is 1. The highest BCUT2D eigenvalue weighted by atomic mass is 19.1. The Hall–Kier alpha value is -3.98. The Kier molecular flexibility index (Phi) is 8.53. The number of nitrogens with two attached hydrogens (primary N) is 1. The average Bonchev–Trinajstić information content (AvgIpc) is 2.84.